The molecule has 0 aliphatic carbocycles. The van der Waals surface area contributed by atoms with Crippen LogP contribution in [0.25, 0.3) is 5.76 Å². The molecule has 1 fully saturated rings. The Labute approximate surface area is 193 Å². The second-order valence-corrected chi connectivity index (χ2v) is 7.52. The number of carbonyl (C=O) groups is 2. The molecule has 7 nitrogen and oxygen atoms in total. The summed E-state index contributed by atoms with van der Waals surface area (Å²) in [5.74, 6) is -2.25. The number of aliphatic hydroxyl groups excluding tert-OH is 1. The maximum atomic E-state index is 13.5. The molecule has 33 heavy (non-hydrogen) atoms. The quantitative estimate of drug-likeness (QED) is 0.336. The number of anilines is 1. The van der Waals surface area contributed by atoms with E-state index in [1.807, 2.05) is 0 Å². The molecular weight excluding hydrogens is 451 g/mol. The topological polar surface area (TPSA) is 89.0 Å². The Kier molecular flexibility index (Phi) is 6.02. The van der Waals surface area contributed by atoms with Gasteiger partial charge in [0.1, 0.15) is 23.1 Å². The number of pyridine rings is 1. The van der Waals surface area contributed by atoms with Crippen molar-refractivity contribution in [3.63, 3.8) is 0 Å². The van der Waals surface area contributed by atoms with E-state index in [2.05, 4.69) is 4.98 Å². The van der Waals surface area contributed by atoms with Gasteiger partial charge in [-0.2, -0.15) is 0 Å². The number of hydrogen-bond donors (Lipinski definition) is 1. The van der Waals surface area contributed by atoms with Gasteiger partial charge in [-0.05, 0) is 48.0 Å². The van der Waals surface area contributed by atoms with Gasteiger partial charge < -0.3 is 14.6 Å². The summed E-state index contributed by atoms with van der Waals surface area (Å²) in [6.45, 7) is 0. The summed E-state index contributed by atoms with van der Waals surface area (Å²) in [6.07, 6.45) is 3.01. The van der Waals surface area contributed by atoms with Gasteiger partial charge in [0.05, 0.1) is 36.4 Å². The number of carbonyl (C=O) groups excluding carboxylic acids is 2. The lowest BCUT2D eigenvalue weighted by molar-refractivity contribution is -0.132. The molecule has 9 heteroatoms. The molecule has 4 rings (SSSR count). The summed E-state index contributed by atoms with van der Waals surface area (Å²) in [6, 6.07) is 10.3. The van der Waals surface area contributed by atoms with Gasteiger partial charge in [-0.15, -0.1) is 0 Å². The van der Waals surface area contributed by atoms with Gasteiger partial charge in [-0.25, -0.2) is 4.39 Å². The number of benzene rings is 2. The van der Waals surface area contributed by atoms with Crippen molar-refractivity contribution in [1.82, 2.24) is 4.98 Å². The number of rotatable bonds is 5. The molecule has 2 heterocycles. The minimum Gasteiger partial charge on any atom is -0.507 e. The predicted octanol–water partition coefficient (Wildman–Crippen LogP) is 4.52. The Morgan fingerprint density at radius 3 is 2.27 bits per heavy atom. The van der Waals surface area contributed by atoms with Crippen molar-refractivity contribution in [1.29, 1.82) is 0 Å². The van der Waals surface area contributed by atoms with Crippen LogP contribution in [-0.2, 0) is 9.59 Å². The van der Waals surface area contributed by atoms with Gasteiger partial charge in [0.2, 0.25) is 0 Å². The first-order valence-electron chi connectivity index (χ1n) is 9.75. The van der Waals surface area contributed by atoms with Gasteiger partial charge in [0, 0.05) is 24.1 Å². The fourth-order valence-corrected chi connectivity index (χ4v) is 3.99. The highest BCUT2D eigenvalue weighted by Gasteiger charge is 2.47. The van der Waals surface area contributed by atoms with Gasteiger partial charge in [-0.1, -0.05) is 11.6 Å². The zero-order chi connectivity index (χ0) is 23.7. The number of Topliss-reactive ketones (excluding diaryl/α,β-unsaturated/α-hetero) is 1. The fourth-order valence-electron chi connectivity index (χ4n) is 3.75. The highest BCUT2D eigenvalue weighted by Crippen LogP contribution is 2.44. The van der Waals surface area contributed by atoms with Gasteiger partial charge in [0.15, 0.2) is 0 Å². The summed E-state index contributed by atoms with van der Waals surface area (Å²) in [7, 11) is 2.81. The van der Waals surface area contributed by atoms with Gasteiger partial charge >= 0.3 is 0 Å². The van der Waals surface area contributed by atoms with E-state index in [1.165, 1.54) is 67.9 Å². The number of ketones is 1. The van der Waals surface area contributed by atoms with Crippen molar-refractivity contribution in [2.75, 3.05) is 19.1 Å². The SMILES string of the molecule is COc1cc(OC)c(/C(O)=C2\C(=O)C(=O)N(c3ccc(F)cc3)C2c2ccncc2)cc1Cl. The van der Waals surface area contributed by atoms with Crippen molar-refractivity contribution in [2.24, 2.45) is 0 Å². The van der Waals surface area contributed by atoms with E-state index >= 15 is 0 Å². The summed E-state index contributed by atoms with van der Waals surface area (Å²) >= 11 is 6.25. The van der Waals surface area contributed by atoms with E-state index in [0.29, 0.717) is 17.0 Å². The Morgan fingerprint density at radius 2 is 1.67 bits per heavy atom. The Morgan fingerprint density at radius 1 is 1.03 bits per heavy atom. The van der Waals surface area contributed by atoms with E-state index in [-0.39, 0.29) is 21.9 Å². The summed E-state index contributed by atoms with van der Waals surface area (Å²) < 4.78 is 24.1. The van der Waals surface area contributed by atoms with Gasteiger partial charge in [0.25, 0.3) is 11.7 Å². The summed E-state index contributed by atoms with van der Waals surface area (Å²) in [4.78, 5) is 31.4. The average Bonchev–Trinajstić information content (AvgIpc) is 3.10. The minimum absolute atomic E-state index is 0.111. The first-order chi connectivity index (χ1) is 15.9. The lowest BCUT2D eigenvalue weighted by atomic mass is 9.95. The standard InChI is InChI=1S/C24H18ClFN2O5/c1-32-18-12-19(33-2)17(25)11-16(18)22(29)20-21(13-7-9-27-10-8-13)28(24(31)23(20)30)15-5-3-14(26)4-6-15/h3-12,21,29H,1-2H3/b22-20+. The second-order valence-electron chi connectivity index (χ2n) is 7.11. The Hall–Kier alpha value is -3.91. The Bertz CT molecular complexity index is 1260. The van der Waals surface area contributed by atoms with Crippen LogP contribution in [0.3, 0.4) is 0 Å². The van der Waals surface area contributed by atoms with E-state index in [1.54, 1.807) is 12.1 Å². The lowest BCUT2D eigenvalue weighted by Gasteiger charge is -2.25. The average molecular weight is 469 g/mol. The molecule has 1 aliphatic rings. The van der Waals surface area contributed by atoms with Crippen molar-refractivity contribution in [3.8, 4) is 11.5 Å². The van der Waals surface area contributed by atoms with Crippen LogP contribution in [-0.4, -0.2) is 36.0 Å². The second kappa shape index (κ2) is 8.91. The molecule has 1 amide bonds. The summed E-state index contributed by atoms with van der Waals surface area (Å²) in [5, 5.41) is 11.4. The van der Waals surface area contributed by atoms with Gasteiger partial charge in [-0.3, -0.25) is 19.5 Å². The van der Waals surface area contributed by atoms with Crippen molar-refractivity contribution < 1.29 is 28.6 Å². The third kappa shape index (κ3) is 3.89. The number of aromatic nitrogens is 1. The summed E-state index contributed by atoms with van der Waals surface area (Å²) in [5.41, 5.74) is 0.752. The number of methoxy groups -OCH3 is 2. The molecule has 0 spiro atoms. The predicted molar refractivity (Wildman–Crippen MR) is 120 cm³/mol. The molecule has 1 aliphatic heterocycles. The van der Waals surface area contributed by atoms with Crippen LogP contribution in [0.4, 0.5) is 10.1 Å². The third-order valence-electron chi connectivity index (χ3n) is 5.30. The number of ether oxygens (including phenoxy) is 2. The van der Waals surface area contributed by atoms with E-state index in [4.69, 9.17) is 21.1 Å². The third-order valence-corrected chi connectivity index (χ3v) is 5.60. The highest BCUT2D eigenvalue weighted by molar-refractivity contribution is 6.51. The van der Waals surface area contributed by atoms with Crippen LogP contribution in [0.1, 0.15) is 17.2 Å². The normalized spacial score (nSPS) is 17.3. The zero-order valence-corrected chi connectivity index (χ0v) is 18.3. The molecule has 1 atom stereocenters. The monoisotopic (exact) mass is 468 g/mol. The molecule has 2 aromatic carbocycles. The highest BCUT2D eigenvalue weighted by atomic mass is 35.5. The van der Waals surface area contributed by atoms with Crippen LogP contribution < -0.4 is 14.4 Å². The largest absolute Gasteiger partial charge is 0.507 e. The molecule has 0 saturated carbocycles. The van der Waals surface area contributed by atoms with Crippen molar-refractivity contribution in [2.45, 2.75) is 6.04 Å². The van der Waals surface area contributed by atoms with Crippen LogP contribution in [0, 0.1) is 5.82 Å². The van der Waals surface area contributed by atoms with Crippen LogP contribution in [0.5, 0.6) is 11.5 Å². The molecule has 1 unspecified atom stereocenters. The van der Waals surface area contributed by atoms with Crippen LogP contribution in [0.2, 0.25) is 5.02 Å². The molecule has 3 aromatic rings. The van der Waals surface area contributed by atoms with Crippen molar-refractivity contribution >= 4 is 34.7 Å². The van der Waals surface area contributed by atoms with E-state index in [0.717, 1.165) is 0 Å². The van der Waals surface area contributed by atoms with Crippen LogP contribution in [0.15, 0.2) is 66.5 Å². The first kappa shape index (κ1) is 22.3. The maximum Gasteiger partial charge on any atom is 0.300 e. The number of nitrogens with zero attached hydrogens (tertiary/aromatic N) is 2. The fraction of sp³-hybridized carbons (Fsp3) is 0.125. The molecular formula is C24H18ClFN2O5. The van der Waals surface area contributed by atoms with E-state index < -0.39 is 29.3 Å². The minimum atomic E-state index is -0.996. The molecule has 0 bridgehead atoms. The van der Waals surface area contributed by atoms with E-state index in [9.17, 15) is 19.1 Å². The zero-order valence-electron chi connectivity index (χ0n) is 17.6. The molecule has 1 N–H and O–H groups in total. The Balaban J connectivity index is 1.97. The smallest absolute Gasteiger partial charge is 0.300 e. The van der Waals surface area contributed by atoms with Crippen LogP contribution >= 0.6 is 11.6 Å². The molecule has 1 saturated heterocycles. The first-order valence-corrected chi connectivity index (χ1v) is 10.1. The molecule has 168 valence electrons. The number of halogens is 2. The number of hydrogen-bond acceptors (Lipinski definition) is 6. The number of amides is 1. The molecule has 0 radical (unpaired) electrons. The molecule has 1 aromatic heterocycles. The lowest BCUT2D eigenvalue weighted by Crippen LogP contribution is -2.29. The van der Waals surface area contributed by atoms with Crippen molar-refractivity contribution in [3.05, 3.63) is 88.5 Å². The number of aliphatic hydroxyl groups is 1. The maximum absolute atomic E-state index is 13.5.